The normalized spacial score (nSPS) is 1.80. The molecule has 7 heteroatoms. The second kappa shape index (κ2) is 113000. The van der Waals surface area contributed by atoms with Crippen molar-refractivity contribution < 1.29 is 31.6 Å². The van der Waals surface area contributed by atoms with Crippen LogP contribution < -0.4 is 0 Å². The minimum Gasteiger partial charge on any atom is -0.693 e. The van der Waals surface area contributed by atoms with Crippen molar-refractivity contribution in [2.75, 3.05) is 0 Å². The van der Waals surface area contributed by atoms with Crippen LogP contribution in [-0.4, -0.2) is 20.4 Å². The van der Waals surface area contributed by atoms with Gasteiger partial charge in [0.1, 0.15) is 0 Å². The molecule has 10 heavy (non-hydrogen) atoms. The van der Waals surface area contributed by atoms with E-state index in [0.29, 0.717) is 0 Å². The summed E-state index contributed by atoms with van der Waals surface area (Å²) in [5.41, 5.74) is 0. The molecule has 0 fully saturated rings. The molecule has 0 aromatic carbocycles. The predicted octanol–water partition coefficient (Wildman–Crippen LogP) is 1.45. The van der Waals surface area contributed by atoms with Gasteiger partial charge in [-0.25, -0.2) is 0 Å². The molecular weight excluding hydrogens is 378 g/mol. The van der Waals surface area contributed by atoms with Gasteiger partial charge in [0.15, 0.2) is 0 Å². The minimum atomic E-state index is 0. The van der Waals surface area contributed by atoms with E-state index in [9.17, 15) is 0 Å². The Morgan fingerprint density at radius 3 is 0.700 bits per heavy atom. The summed E-state index contributed by atoms with van der Waals surface area (Å²) in [6.45, 7) is 9.75. The summed E-state index contributed by atoms with van der Waals surface area (Å²) in [7, 11) is 0. The van der Waals surface area contributed by atoms with Gasteiger partial charge in [0.05, 0.1) is 0 Å². The van der Waals surface area contributed by atoms with Crippen LogP contribution in [0.4, 0.5) is 0 Å². The van der Waals surface area contributed by atoms with E-state index in [1.54, 1.807) is 0 Å². The molecule has 0 saturated carbocycles. The van der Waals surface area contributed by atoms with E-state index in [-0.39, 0.29) is 12.3 Å². The molecule has 0 aliphatic heterocycles. The van der Waals surface area contributed by atoms with Gasteiger partial charge >= 0.3 is 30.6 Å². The van der Waals surface area contributed by atoms with Gasteiger partial charge < -0.3 is 26.7 Å². The smallest absolute Gasteiger partial charge is 0.282 e. The molecule has 0 heterocycles. The third-order valence-electron chi connectivity index (χ3n) is 0. The van der Waals surface area contributed by atoms with Crippen molar-refractivity contribution in [3.63, 3.8) is 0 Å². The van der Waals surface area contributed by atoms with Crippen LogP contribution in [-0.2, 0) is 31.6 Å². The van der Waals surface area contributed by atoms with E-state index < -0.39 is 0 Å². The standard InChI is InChI=1S/3CHO.BrH.2H2N.Re/c3*1-2;;;;/h3*1H;1H;2*1H2;/q3*-1;;2*-1;+1/p-1. The monoisotopic (exact) mass is 385 g/mol. The van der Waals surface area contributed by atoms with Crippen LogP contribution in [0.15, 0.2) is 0 Å². The SMILES string of the molecule is [Br][Re].[CH-]=O.[CH-]=O.[CH-]=O.[NH2-].[NH2-]. The molecule has 0 aromatic heterocycles. The van der Waals surface area contributed by atoms with E-state index in [4.69, 9.17) is 14.4 Å². The van der Waals surface area contributed by atoms with Crippen LogP contribution in [0.3, 0.4) is 0 Å². The maximum atomic E-state index is 7.75. The van der Waals surface area contributed by atoms with Crippen molar-refractivity contribution in [1.82, 2.24) is 0 Å². The summed E-state index contributed by atoms with van der Waals surface area (Å²) < 4.78 is 0. The first-order valence-electron chi connectivity index (χ1n) is 0.850. The van der Waals surface area contributed by atoms with Crippen molar-refractivity contribution in [2.45, 2.75) is 0 Å². The summed E-state index contributed by atoms with van der Waals surface area (Å²) >= 11 is 4.53. The van der Waals surface area contributed by atoms with E-state index in [2.05, 4.69) is 33.8 Å². The van der Waals surface area contributed by atoms with E-state index in [1.807, 2.05) is 0 Å². The van der Waals surface area contributed by atoms with Gasteiger partial charge in [-0.2, -0.15) is 0 Å². The Hall–Kier alpha value is 0.0723. The number of rotatable bonds is 0. The van der Waals surface area contributed by atoms with Gasteiger partial charge in [0, 0.05) is 0 Å². The van der Waals surface area contributed by atoms with Gasteiger partial charge in [-0.3, -0.25) is 20.4 Å². The van der Waals surface area contributed by atoms with Crippen LogP contribution >= 0.6 is 13.4 Å². The molecule has 0 saturated heterocycles. The molecule has 5 nitrogen and oxygen atoms in total. The maximum absolute atomic E-state index is 7.75. The number of carbonyl (C=O) groups excluding carboxylic acids is 3. The molecule has 0 aromatic rings. The van der Waals surface area contributed by atoms with Gasteiger partial charge in [0.25, 0.3) is 0 Å². The second-order valence-electron chi connectivity index (χ2n) is 0. The number of nitrogens with two attached hydrogens (primary N) is 2. The molecule has 4 N–H and O–H groups in total. The molecular formula is C3H7BrN2O3Re-5. The molecule has 0 rings (SSSR count). The Morgan fingerprint density at radius 1 is 0.700 bits per heavy atom. The summed E-state index contributed by atoms with van der Waals surface area (Å²) in [6, 6.07) is 0. The zero-order chi connectivity index (χ0) is 8.00. The fourth-order valence-electron chi connectivity index (χ4n) is 0. The molecule has 0 spiro atoms. The number of halogens is 1. The summed E-state index contributed by atoms with van der Waals surface area (Å²) in [5, 5.41) is 0. The van der Waals surface area contributed by atoms with Gasteiger partial charge in [0.2, 0.25) is 0 Å². The topological polar surface area (TPSA) is 118 Å². The fraction of sp³-hybridized carbons (Fsp3) is 0. The average molecular weight is 385 g/mol. The van der Waals surface area contributed by atoms with E-state index in [0.717, 1.165) is 0 Å². The Morgan fingerprint density at radius 2 is 0.700 bits per heavy atom. The zero-order valence-corrected chi connectivity index (χ0v) is 9.17. The van der Waals surface area contributed by atoms with Crippen molar-refractivity contribution >= 4 is 33.8 Å². The molecule has 0 aliphatic rings. The van der Waals surface area contributed by atoms with Crippen molar-refractivity contribution in [3.8, 4) is 0 Å². The second-order valence-corrected chi connectivity index (χ2v) is 0. The predicted molar refractivity (Wildman–Crippen MR) is 39.7 cm³/mol. The summed E-state index contributed by atoms with van der Waals surface area (Å²) in [6.07, 6.45) is 0. The number of hydrogen-bond donors (Lipinski definition) is 0. The number of hydrogen-bond acceptors (Lipinski definition) is 3. The largest absolute Gasteiger partial charge is 0.693 e. The Bertz CT molecular complexity index is 26.5. The summed E-state index contributed by atoms with van der Waals surface area (Å²) in [4.78, 5) is 23.2. The van der Waals surface area contributed by atoms with Crippen molar-refractivity contribution in [2.24, 2.45) is 0 Å². The van der Waals surface area contributed by atoms with Crippen LogP contribution in [0.1, 0.15) is 0 Å². The van der Waals surface area contributed by atoms with E-state index in [1.165, 1.54) is 17.2 Å². The Kier molecular flexibility index (Phi) is 565000. The van der Waals surface area contributed by atoms with Crippen molar-refractivity contribution in [3.05, 3.63) is 12.3 Å². The third kappa shape index (κ3) is 77200. The maximum Gasteiger partial charge on any atom is -0.282 e. The van der Waals surface area contributed by atoms with Crippen LogP contribution in [0.2, 0.25) is 0 Å². The first-order valence-corrected chi connectivity index (χ1v) is 6.78. The molecule has 0 radical (unpaired) electrons. The molecule has 0 atom stereocenters. The molecule has 0 aliphatic carbocycles. The quantitative estimate of drug-likeness (QED) is 0.464. The summed E-state index contributed by atoms with van der Waals surface area (Å²) in [5.74, 6) is 0. The van der Waals surface area contributed by atoms with Gasteiger partial charge in [-0.1, -0.05) is 0 Å². The third-order valence-corrected chi connectivity index (χ3v) is 0. The average Bonchev–Trinajstić information content (AvgIpc) is 2.03. The first-order chi connectivity index (χ1) is 4.00. The first kappa shape index (κ1) is 50.0. The van der Waals surface area contributed by atoms with Crippen LogP contribution in [0, 0.1) is 0 Å². The molecule has 0 bridgehead atoms. The Balaban J connectivity index is -0.00000000500. The van der Waals surface area contributed by atoms with Crippen molar-refractivity contribution in [1.29, 1.82) is 0 Å². The fourth-order valence-corrected chi connectivity index (χ4v) is 0. The zero-order valence-electron chi connectivity index (χ0n) is 4.87. The van der Waals surface area contributed by atoms with Gasteiger partial charge in [-0.15, -0.1) is 0 Å². The molecule has 66 valence electrons. The minimum absolute atomic E-state index is 0. The van der Waals surface area contributed by atoms with E-state index >= 15 is 0 Å². The molecule has 0 amide bonds. The Labute approximate surface area is 77.7 Å². The van der Waals surface area contributed by atoms with Gasteiger partial charge in [-0.05, 0) is 0 Å². The van der Waals surface area contributed by atoms with Crippen LogP contribution in [0.5, 0.6) is 0 Å². The molecule has 0 unspecified atom stereocenters. The van der Waals surface area contributed by atoms with Crippen LogP contribution in [0.25, 0.3) is 12.3 Å².